The van der Waals surface area contributed by atoms with Crippen molar-refractivity contribution >= 4 is 0 Å². The van der Waals surface area contributed by atoms with Crippen LogP contribution in [-0.2, 0) is 0 Å². The molecule has 0 nitrogen and oxygen atoms in total. The maximum atomic E-state index is 3.98. The lowest BCUT2D eigenvalue weighted by Crippen LogP contribution is -2.25. The molecule has 0 spiro atoms. The number of hydrogen-bond donors (Lipinski definition) is 0. The SMILES string of the molecule is C=C[C@H]1CC[C@H](CCCC[C@H]2CC[C@H]([C@H]3CC[C@H](CC)CC3)CC2)CC1. The van der Waals surface area contributed by atoms with Crippen molar-refractivity contribution in [3.05, 3.63) is 12.7 Å². The number of hydrogen-bond acceptors (Lipinski definition) is 0. The normalized spacial score (nSPS) is 38.8. The fourth-order valence-corrected chi connectivity index (χ4v) is 6.59. The standard InChI is InChI=1S/C26H46/c1-3-21-9-11-23(12-10-21)7-5-6-8-24-15-19-26(20-16-24)25-17-13-22(4-2)14-18-25/h3,21-26H,1,4-20H2,2H3/t21-,22-,23-,24-,25-,26-. The molecule has 3 fully saturated rings. The van der Waals surface area contributed by atoms with Gasteiger partial charge in [-0.3, -0.25) is 0 Å². The van der Waals surface area contributed by atoms with Crippen LogP contribution in [0, 0.1) is 35.5 Å². The van der Waals surface area contributed by atoms with Gasteiger partial charge in [0.2, 0.25) is 0 Å². The molecule has 150 valence electrons. The Hall–Kier alpha value is -0.260. The topological polar surface area (TPSA) is 0 Å². The average molecular weight is 359 g/mol. The van der Waals surface area contributed by atoms with Crippen LogP contribution in [-0.4, -0.2) is 0 Å². The van der Waals surface area contributed by atoms with Crippen LogP contribution < -0.4 is 0 Å². The zero-order chi connectivity index (χ0) is 18.2. The molecule has 0 bridgehead atoms. The van der Waals surface area contributed by atoms with Crippen molar-refractivity contribution in [1.29, 1.82) is 0 Å². The van der Waals surface area contributed by atoms with Crippen LogP contribution in [0.15, 0.2) is 12.7 Å². The molecule has 0 unspecified atom stereocenters. The first-order valence-corrected chi connectivity index (χ1v) is 12.4. The van der Waals surface area contributed by atoms with Gasteiger partial charge in [0.1, 0.15) is 0 Å². The molecule has 0 aliphatic heterocycles. The molecule has 3 rings (SSSR count). The van der Waals surface area contributed by atoms with Gasteiger partial charge in [0.05, 0.1) is 0 Å². The Morgan fingerprint density at radius 3 is 1.46 bits per heavy atom. The first-order valence-electron chi connectivity index (χ1n) is 12.4. The Bertz CT molecular complexity index is 373. The summed E-state index contributed by atoms with van der Waals surface area (Å²) in [6.07, 6.45) is 27.9. The molecule has 0 aromatic heterocycles. The predicted octanol–water partition coefficient (Wildman–Crippen LogP) is 8.56. The van der Waals surface area contributed by atoms with Crippen LogP contribution in [0.3, 0.4) is 0 Å². The van der Waals surface area contributed by atoms with E-state index in [0.717, 1.165) is 35.5 Å². The first-order chi connectivity index (χ1) is 12.8. The summed E-state index contributed by atoms with van der Waals surface area (Å²) in [5, 5.41) is 0. The van der Waals surface area contributed by atoms with E-state index in [0.29, 0.717) is 0 Å². The molecule has 0 N–H and O–H groups in total. The van der Waals surface area contributed by atoms with Gasteiger partial charge in [-0.15, -0.1) is 6.58 Å². The number of allylic oxidation sites excluding steroid dienone is 1. The van der Waals surface area contributed by atoms with E-state index in [4.69, 9.17) is 0 Å². The summed E-state index contributed by atoms with van der Waals surface area (Å²) in [6.45, 7) is 6.37. The van der Waals surface area contributed by atoms with Crippen molar-refractivity contribution < 1.29 is 0 Å². The van der Waals surface area contributed by atoms with Crippen LogP contribution in [0.25, 0.3) is 0 Å². The molecular formula is C26H46. The minimum absolute atomic E-state index is 0.832. The Kier molecular flexibility index (Phi) is 8.60. The molecule has 26 heavy (non-hydrogen) atoms. The number of rotatable bonds is 8. The maximum absolute atomic E-state index is 3.98. The van der Waals surface area contributed by atoms with E-state index in [9.17, 15) is 0 Å². The molecule has 0 heterocycles. The van der Waals surface area contributed by atoms with Crippen molar-refractivity contribution in [2.45, 2.75) is 116 Å². The molecule has 0 amide bonds. The Morgan fingerprint density at radius 1 is 0.615 bits per heavy atom. The van der Waals surface area contributed by atoms with Crippen molar-refractivity contribution in [2.24, 2.45) is 35.5 Å². The summed E-state index contributed by atoms with van der Waals surface area (Å²) >= 11 is 0. The van der Waals surface area contributed by atoms with E-state index < -0.39 is 0 Å². The van der Waals surface area contributed by atoms with Gasteiger partial charge in [0.25, 0.3) is 0 Å². The van der Waals surface area contributed by atoms with Crippen molar-refractivity contribution in [3.63, 3.8) is 0 Å². The fourth-order valence-electron chi connectivity index (χ4n) is 6.59. The summed E-state index contributed by atoms with van der Waals surface area (Å²) in [5.41, 5.74) is 0. The highest BCUT2D eigenvalue weighted by Gasteiger charge is 2.30. The van der Waals surface area contributed by atoms with E-state index in [2.05, 4.69) is 19.6 Å². The van der Waals surface area contributed by atoms with E-state index in [1.807, 2.05) is 0 Å². The lowest BCUT2D eigenvalue weighted by Gasteiger charge is -2.37. The molecule has 0 atom stereocenters. The highest BCUT2D eigenvalue weighted by Crippen LogP contribution is 2.43. The second-order valence-electron chi connectivity index (χ2n) is 10.3. The van der Waals surface area contributed by atoms with Crippen LogP contribution in [0.4, 0.5) is 0 Å². The molecule has 0 aromatic rings. The zero-order valence-corrected chi connectivity index (χ0v) is 17.8. The van der Waals surface area contributed by atoms with Gasteiger partial charge in [-0.25, -0.2) is 0 Å². The second-order valence-corrected chi connectivity index (χ2v) is 10.3. The van der Waals surface area contributed by atoms with Gasteiger partial charge in [0.15, 0.2) is 0 Å². The smallest absolute Gasteiger partial charge is 0.0236 e. The molecule has 0 radical (unpaired) electrons. The molecule has 0 aromatic carbocycles. The van der Waals surface area contributed by atoms with Crippen molar-refractivity contribution in [2.75, 3.05) is 0 Å². The van der Waals surface area contributed by atoms with Crippen LogP contribution in [0.2, 0.25) is 0 Å². The van der Waals surface area contributed by atoms with Gasteiger partial charge < -0.3 is 0 Å². The van der Waals surface area contributed by atoms with E-state index in [-0.39, 0.29) is 0 Å². The first kappa shape index (κ1) is 20.5. The Morgan fingerprint density at radius 2 is 1.04 bits per heavy atom. The van der Waals surface area contributed by atoms with Crippen LogP contribution >= 0.6 is 0 Å². The van der Waals surface area contributed by atoms with Crippen LogP contribution in [0.5, 0.6) is 0 Å². The van der Waals surface area contributed by atoms with Crippen LogP contribution in [0.1, 0.15) is 116 Å². The van der Waals surface area contributed by atoms with Gasteiger partial charge in [-0.1, -0.05) is 70.8 Å². The minimum atomic E-state index is 0.832. The Labute approximate surface area is 164 Å². The van der Waals surface area contributed by atoms with Gasteiger partial charge in [-0.2, -0.15) is 0 Å². The van der Waals surface area contributed by atoms with E-state index in [1.165, 1.54) is 70.6 Å². The van der Waals surface area contributed by atoms with E-state index >= 15 is 0 Å². The zero-order valence-electron chi connectivity index (χ0n) is 17.8. The van der Waals surface area contributed by atoms with Gasteiger partial charge >= 0.3 is 0 Å². The average Bonchev–Trinajstić information content (AvgIpc) is 2.72. The summed E-state index contributed by atoms with van der Waals surface area (Å²) in [7, 11) is 0. The summed E-state index contributed by atoms with van der Waals surface area (Å²) in [6, 6.07) is 0. The third-order valence-corrected chi connectivity index (χ3v) is 8.73. The molecule has 0 heteroatoms. The molecule has 3 aliphatic carbocycles. The predicted molar refractivity (Wildman–Crippen MR) is 115 cm³/mol. The monoisotopic (exact) mass is 358 g/mol. The second kappa shape index (κ2) is 10.9. The molecule has 0 saturated heterocycles. The summed E-state index contributed by atoms with van der Waals surface area (Å²) < 4.78 is 0. The van der Waals surface area contributed by atoms with Crippen molar-refractivity contribution in [3.8, 4) is 0 Å². The quantitative estimate of drug-likeness (QED) is 0.301. The highest BCUT2D eigenvalue weighted by molar-refractivity contribution is 4.84. The maximum Gasteiger partial charge on any atom is -0.0236 e. The van der Waals surface area contributed by atoms with E-state index in [1.54, 1.807) is 38.5 Å². The minimum Gasteiger partial charge on any atom is -0.103 e. The largest absolute Gasteiger partial charge is 0.103 e. The highest BCUT2D eigenvalue weighted by atomic mass is 14.4. The summed E-state index contributed by atoms with van der Waals surface area (Å²) in [4.78, 5) is 0. The third kappa shape index (κ3) is 6.13. The number of unbranched alkanes of at least 4 members (excludes halogenated alkanes) is 1. The third-order valence-electron chi connectivity index (χ3n) is 8.73. The Balaban J connectivity index is 1.23. The lowest BCUT2D eigenvalue weighted by atomic mass is 9.68. The lowest BCUT2D eigenvalue weighted by molar-refractivity contribution is 0.141. The van der Waals surface area contributed by atoms with Gasteiger partial charge in [0, 0.05) is 0 Å². The molecular weight excluding hydrogens is 312 g/mol. The molecule has 3 saturated carbocycles. The van der Waals surface area contributed by atoms with Crippen molar-refractivity contribution in [1.82, 2.24) is 0 Å². The van der Waals surface area contributed by atoms with Gasteiger partial charge in [-0.05, 0) is 86.9 Å². The fraction of sp³-hybridized carbons (Fsp3) is 0.923. The summed E-state index contributed by atoms with van der Waals surface area (Å²) in [5.74, 6) is 6.22. The molecule has 3 aliphatic rings.